The van der Waals surface area contributed by atoms with Crippen molar-refractivity contribution in [2.45, 2.75) is 39.3 Å². The Bertz CT molecular complexity index is 418. The van der Waals surface area contributed by atoms with Crippen molar-refractivity contribution in [2.75, 3.05) is 25.2 Å². The van der Waals surface area contributed by atoms with E-state index in [4.69, 9.17) is 15.5 Å². The lowest BCUT2D eigenvalue weighted by Crippen LogP contribution is -2.38. The Hall–Kier alpha value is -1.13. The highest BCUT2D eigenvalue weighted by Crippen LogP contribution is 2.36. The molecule has 19 heavy (non-hydrogen) atoms. The first-order valence-electron chi connectivity index (χ1n) is 7.09. The van der Waals surface area contributed by atoms with E-state index in [-0.39, 0.29) is 0 Å². The number of hydrogen-bond donors (Lipinski definition) is 1. The smallest absolute Gasteiger partial charge is 0.129 e. The van der Waals surface area contributed by atoms with Gasteiger partial charge in [0.25, 0.3) is 0 Å². The standard InChI is InChI=1S/C15H25N3O/c1-11-14(10-16)6-7-15(17-11)18(8-9-19-3)12(2)13-4-5-13/h6-7,12-13H,4-5,8-10,16H2,1-3H3. The largest absolute Gasteiger partial charge is 0.383 e. The van der Waals surface area contributed by atoms with Crippen LogP contribution in [-0.2, 0) is 11.3 Å². The highest BCUT2D eigenvalue weighted by Gasteiger charge is 2.32. The Morgan fingerprint density at radius 3 is 2.74 bits per heavy atom. The Morgan fingerprint density at radius 2 is 2.21 bits per heavy atom. The summed E-state index contributed by atoms with van der Waals surface area (Å²) in [7, 11) is 1.75. The van der Waals surface area contributed by atoms with Gasteiger partial charge in [-0.3, -0.25) is 0 Å². The average molecular weight is 263 g/mol. The summed E-state index contributed by atoms with van der Waals surface area (Å²) in [5, 5.41) is 0. The molecule has 0 amide bonds. The minimum atomic E-state index is 0.533. The summed E-state index contributed by atoms with van der Waals surface area (Å²) in [6.07, 6.45) is 2.68. The van der Waals surface area contributed by atoms with Crippen LogP contribution < -0.4 is 10.6 Å². The fourth-order valence-corrected chi connectivity index (χ4v) is 2.50. The Morgan fingerprint density at radius 1 is 1.47 bits per heavy atom. The maximum atomic E-state index is 5.70. The molecule has 0 saturated heterocycles. The maximum absolute atomic E-state index is 5.70. The number of ether oxygens (including phenoxy) is 1. The molecular formula is C15H25N3O. The third-order valence-electron chi connectivity index (χ3n) is 4.03. The van der Waals surface area contributed by atoms with Gasteiger partial charge in [-0.05, 0) is 44.2 Å². The van der Waals surface area contributed by atoms with E-state index in [1.54, 1.807) is 7.11 Å². The van der Waals surface area contributed by atoms with Gasteiger partial charge in [0.2, 0.25) is 0 Å². The van der Waals surface area contributed by atoms with Gasteiger partial charge in [-0.25, -0.2) is 4.98 Å². The summed E-state index contributed by atoms with van der Waals surface area (Å²) < 4.78 is 5.23. The first kappa shape index (κ1) is 14.3. The van der Waals surface area contributed by atoms with Crippen LogP contribution in [0.25, 0.3) is 0 Å². The molecule has 0 aromatic carbocycles. The highest BCUT2D eigenvalue weighted by molar-refractivity contribution is 5.43. The number of hydrogen-bond acceptors (Lipinski definition) is 4. The Kier molecular flexibility index (Phi) is 4.77. The fourth-order valence-electron chi connectivity index (χ4n) is 2.50. The Balaban J connectivity index is 2.18. The minimum absolute atomic E-state index is 0.533. The second-order valence-electron chi connectivity index (χ2n) is 5.38. The summed E-state index contributed by atoms with van der Waals surface area (Å²) in [5.41, 5.74) is 7.85. The van der Waals surface area contributed by atoms with E-state index in [1.165, 1.54) is 12.8 Å². The number of nitrogens with zero attached hydrogens (tertiary/aromatic N) is 2. The average Bonchev–Trinajstić information content (AvgIpc) is 3.23. The van der Waals surface area contributed by atoms with Crippen molar-refractivity contribution >= 4 is 5.82 Å². The highest BCUT2D eigenvalue weighted by atomic mass is 16.5. The number of pyridine rings is 1. The van der Waals surface area contributed by atoms with Crippen LogP contribution in [0.5, 0.6) is 0 Å². The molecular weight excluding hydrogens is 238 g/mol. The van der Waals surface area contributed by atoms with E-state index in [0.29, 0.717) is 12.6 Å². The van der Waals surface area contributed by atoms with Crippen LogP contribution in [0.2, 0.25) is 0 Å². The second kappa shape index (κ2) is 6.35. The van der Waals surface area contributed by atoms with Crippen LogP contribution in [0.1, 0.15) is 31.0 Å². The van der Waals surface area contributed by atoms with Crippen molar-refractivity contribution < 1.29 is 4.74 Å². The SMILES string of the molecule is COCCN(c1ccc(CN)c(C)n1)C(C)C1CC1. The lowest BCUT2D eigenvalue weighted by molar-refractivity contribution is 0.202. The molecule has 0 aliphatic heterocycles. The maximum Gasteiger partial charge on any atom is 0.129 e. The van der Waals surface area contributed by atoms with Gasteiger partial charge in [-0.2, -0.15) is 0 Å². The zero-order valence-corrected chi connectivity index (χ0v) is 12.2. The fraction of sp³-hybridized carbons (Fsp3) is 0.667. The Labute approximate surface area is 116 Å². The number of methoxy groups -OCH3 is 1. The van der Waals surface area contributed by atoms with Crippen molar-refractivity contribution in [2.24, 2.45) is 11.7 Å². The quantitative estimate of drug-likeness (QED) is 0.818. The molecule has 1 unspecified atom stereocenters. The van der Waals surface area contributed by atoms with Gasteiger partial charge in [0.1, 0.15) is 5.82 Å². The van der Waals surface area contributed by atoms with Crippen LogP contribution in [0.3, 0.4) is 0 Å². The molecule has 1 atom stereocenters. The monoisotopic (exact) mass is 263 g/mol. The van der Waals surface area contributed by atoms with Gasteiger partial charge >= 0.3 is 0 Å². The molecule has 1 aliphatic carbocycles. The first-order valence-corrected chi connectivity index (χ1v) is 7.09. The van der Waals surface area contributed by atoms with Gasteiger partial charge in [-0.1, -0.05) is 6.07 Å². The molecule has 0 radical (unpaired) electrons. The normalized spacial score (nSPS) is 16.4. The number of rotatable bonds is 7. The lowest BCUT2D eigenvalue weighted by Gasteiger charge is -2.30. The molecule has 4 heteroatoms. The summed E-state index contributed by atoms with van der Waals surface area (Å²) in [4.78, 5) is 7.09. The topological polar surface area (TPSA) is 51.4 Å². The number of aromatic nitrogens is 1. The lowest BCUT2D eigenvalue weighted by atomic mass is 10.1. The molecule has 2 rings (SSSR count). The molecule has 1 fully saturated rings. The molecule has 1 aromatic rings. The molecule has 106 valence electrons. The van der Waals surface area contributed by atoms with E-state index in [2.05, 4.69) is 24.0 Å². The van der Waals surface area contributed by atoms with Gasteiger partial charge in [0, 0.05) is 31.9 Å². The summed E-state index contributed by atoms with van der Waals surface area (Å²) in [6.45, 7) is 6.50. The third-order valence-corrected chi connectivity index (χ3v) is 4.03. The van der Waals surface area contributed by atoms with Gasteiger partial charge in [-0.15, -0.1) is 0 Å². The molecule has 4 nitrogen and oxygen atoms in total. The predicted molar refractivity (Wildman–Crippen MR) is 78.3 cm³/mol. The molecule has 0 spiro atoms. The second-order valence-corrected chi connectivity index (χ2v) is 5.38. The molecule has 0 bridgehead atoms. The summed E-state index contributed by atoms with van der Waals surface area (Å²) >= 11 is 0. The summed E-state index contributed by atoms with van der Waals surface area (Å²) in [6, 6.07) is 4.71. The van der Waals surface area contributed by atoms with Crippen LogP contribution in [0, 0.1) is 12.8 Å². The molecule has 1 aromatic heterocycles. The molecule has 1 saturated carbocycles. The van der Waals surface area contributed by atoms with Gasteiger partial charge < -0.3 is 15.4 Å². The van der Waals surface area contributed by atoms with E-state index in [9.17, 15) is 0 Å². The van der Waals surface area contributed by atoms with Crippen LogP contribution in [-0.4, -0.2) is 31.3 Å². The number of aryl methyl sites for hydroxylation is 1. The van der Waals surface area contributed by atoms with Crippen molar-refractivity contribution in [3.8, 4) is 0 Å². The molecule has 2 N–H and O–H groups in total. The number of nitrogens with two attached hydrogens (primary N) is 1. The van der Waals surface area contributed by atoms with E-state index >= 15 is 0 Å². The zero-order chi connectivity index (χ0) is 13.8. The third kappa shape index (κ3) is 3.45. The van der Waals surface area contributed by atoms with Crippen LogP contribution >= 0.6 is 0 Å². The van der Waals surface area contributed by atoms with E-state index in [1.807, 2.05) is 6.92 Å². The van der Waals surface area contributed by atoms with Crippen molar-refractivity contribution in [1.29, 1.82) is 0 Å². The first-order chi connectivity index (χ1) is 9.17. The van der Waals surface area contributed by atoms with Crippen molar-refractivity contribution in [3.63, 3.8) is 0 Å². The molecule has 1 aliphatic rings. The summed E-state index contributed by atoms with van der Waals surface area (Å²) in [5.74, 6) is 1.86. The van der Waals surface area contributed by atoms with Crippen LogP contribution in [0.4, 0.5) is 5.82 Å². The molecule has 1 heterocycles. The van der Waals surface area contributed by atoms with E-state index in [0.717, 1.165) is 36.1 Å². The number of anilines is 1. The predicted octanol–water partition coefficient (Wildman–Crippen LogP) is 2.10. The van der Waals surface area contributed by atoms with Crippen LogP contribution in [0.15, 0.2) is 12.1 Å². The van der Waals surface area contributed by atoms with Gasteiger partial charge in [0.15, 0.2) is 0 Å². The van der Waals surface area contributed by atoms with Crippen molar-refractivity contribution in [3.05, 3.63) is 23.4 Å². The zero-order valence-electron chi connectivity index (χ0n) is 12.2. The van der Waals surface area contributed by atoms with Gasteiger partial charge in [0.05, 0.1) is 6.61 Å². The van der Waals surface area contributed by atoms with Crippen molar-refractivity contribution in [1.82, 2.24) is 4.98 Å². The minimum Gasteiger partial charge on any atom is -0.383 e. The van der Waals surface area contributed by atoms with E-state index < -0.39 is 0 Å².